The van der Waals surface area contributed by atoms with E-state index < -0.39 is 0 Å². The van der Waals surface area contributed by atoms with Gasteiger partial charge >= 0.3 is 0 Å². The molecule has 0 unspecified atom stereocenters. The Kier molecular flexibility index (Phi) is 6.03. The lowest BCUT2D eigenvalue weighted by molar-refractivity contribution is -0.114. The second-order valence-corrected chi connectivity index (χ2v) is 7.01. The van der Waals surface area contributed by atoms with Gasteiger partial charge in [0.2, 0.25) is 5.91 Å². The smallest absolute Gasteiger partial charge is 0.221 e. The highest BCUT2D eigenvalue weighted by molar-refractivity contribution is 7.99. The zero-order chi connectivity index (χ0) is 19.2. The van der Waals surface area contributed by atoms with Crippen molar-refractivity contribution in [2.45, 2.75) is 25.5 Å². The Morgan fingerprint density at radius 3 is 2.41 bits per heavy atom. The van der Waals surface area contributed by atoms with Gasteiger partial charge in [-0.05, 0) is 36.8 Å². The van der Waals surface area contributed by atoms with E-state index in [1.807, 2.05) is 29.7 Å². The third-order valence-electron chi connectivity index (χ3n) is 3.94. The maximum atomic E-state index is 12.5. The fourth-order valence-electron chi connectivity index (χ4n) is 2.57. The number of nitrogens with zero attached hydrogens (tertiary/aromatic N) is 3. The van der Waals surface area contributed by atoms with Crippen molar-refractivity contribution in [2.75, 3.05) is 11.1 Å². The average Bonchev–Trinajstić information content (AvgIpc) is 3.00. The molecule has 0 aliphatic carbocycles. The Labute approximate surface area is 162 Å². The number of ketones is 1. The van der Waals surface area contributed by atoms with Gasteiger partial charge in [0.15, 0.2) is 10.9 Å². The summed E-state index contributed by atoms with van der Waals surface area (Å²) in [6, 6.07) is 17.0. The predicted molar refractivity (Wildman–Crippen MR) is 106 cm³/mol. The number of aromatic nitrogens is 3. The van der Waals surface area contributed by atoms with E-state index in [0.29, 0.717) is 17.8 Å². The van der Waals surface area contributed by atoms with Gasteiger partial charge in [-0.2, -0.15) is 0 Å². The van der Waals surface area contributed by atoms with Gasteiger partial charge in [-0.25, -0.2) is 0 Å². The third kappa shape index (κ3) is 5.04. The molecule has 1 N–H and O–H groups in total. The van der Waals surface area contributed by atoms with Crippen LogP contribution in [-0.4, -0.2) is 32.2 Å². The summed E-state index contributed by atoms with van der Waals surface area (Å²) in [5.41, 5.74) is 2.43. The molecule has 0 saturated carbocycles. The van der Waals surface area contributed by atoms with Gasteiger partial charge in [0.05, 0.1) is 12.3 Å². The molecule has 0 radical (unpaired) electrons. The van der Waals surface area contributed by atoms with Crippen LogP contribution in [0.1, 0.15) is 28.7 Å². The molecule has 0 aliphatic rings. The number of nitrogens with one attached hydrogen (secondary N) is 1. The molecule has 0 spiro atoms. The quantitative estimate of drug-likeness (QED) is 0.501. The van der Waals surface area contributed by atoms with Crippen LogP contribution in [0.25, 0.3) is 0 Å². The van der Waals surface area contributed by atoms with E-state index in [2.05, 4.69) is 27.6 Å². The van der Waals surface area contributed by atoms with E-state index in [0.717, 1.165) is 16.5 Å². The minimum Gasteiger partial charge on any atom is -0.326 e. The number of anilines is 1. The summed E-state index contributed by atoms with van der Waals surface area (Å²) in [5.74, 6) is 0.944. The molecule has 0 aliphatic heterocycles. The monoisotopic (exact) mass is 380 g/mol. The van der Waals surface area contributed by atoms with Gasteiger partial charge < -0.3 is 9.88 Å². The Hall–Kier alpha value is -2.93. The van der Waals surface area contributed by atoms with Crippen LogP contribution in [0.2, 0.25) is 0 Å². The Morgan fingerprint density at radius 2 is 1.74 bits per heavy atom. The van der Waals surface area contributed by atoms with Crippen molar-refractivity contribution < 1.29 is 9.59 Å². The lowest BCUT2D eigenvalue weighted by Gasteiger charge is -2.08. The molecule has 1 aromatic heterocycles. The summed E-state index contributed by atoms with van der Waals surface area (Å²) < 4.78 is 2.01. The minimum absolute atomic E-state index is 0.00119. The largest absolute Gasteiger partial charge is 0.326 e. The molecule has 2 aromatic carbocycles. The zero-order valence-corrected chi connectivity index (χ0v) is 16.0. The topological polar surface area (TPSA) is 76.9 Å². The van der Waals surface area contributed by atoms with Crippen molar-refractivity contribution in [2.24, 2.45) is 0 Å². The number of hydrogen-bond acceptors (Lipinski definition) is 5. The Bertz CT molecular complexity index is 936. The first-order chi connectivity index (χ1) is 13.0. The van der Waals surface area contributed by atoms with Crippen LogP contribution in [0.15, 0.2) is 59.8 Å². The molecule has 1 heterocycles. The summed E-state index contributed by atoms with van der Waals surface area (Å²) in [4.78, 5) is 23.5. The summed E-state index contributed by atoms with van der Waals surface area (Å²) in [6.45, 7) is 4.02. The molecule has 0 bridgehead atoms. The number of benzene rings is 2. The SMILES string of the molecule is CC(=O)Nc1ccc(C(=O)CSc2nnc(C)n2Cc2ccccc2)cc1. The van der Waals surface area contributed by atoms with Gasteiger partial charge in [-0.1, -0.05) is 42.1 Å². The lowest BCUT2D eigenvalue weighted by atomic mass is 10.1. The van der Waals surface area contributed by atoms with Crippen LogP contribution in [-0.2, 0) is 11.3 Å². The van der Waals surface area contributed by atoms with E-state index in [1.165, 1.54) is 18.7 Å². The second kappa shape index (κ2) is 8.64. The van der Waals surface area contributed by atoms with E-state index in [9.17, 15) is 9.59 Å². The number of hydrogen-bond donors (Lipinski definition) is 1. The number of Topliss-reactive ketones (excluding diaryl/α,β-unsaturated/α-hetero) is 1. The van der Waals surface area contributed by atoms with Crippen molar-refractivity contribution >= 4 is 29.1 Å². The fraction of sp³-hybridized carbons (Fsp3) is 0.200. The summed E-state index contributed by atoms with van der Waals surface area (Å²) in [5, 5.41) is 11.8. The van der Waals surface area contributed by atoms with Gasteiger partial charge in [0, 0.05) is 18.2 Å². The molecule has 138 valence electrons. The Morgan fingerprint density at radius 1 is 1.04 bits per heavy atom. The molecule has 1 amide bonds. The highest BCUT2D eigenvalue weighted by atomic mass is 32.2. The zero-order valence-electron chi connectivity index (χ0n) is 15.2. The molecular weight excluding hydrogens is 360 g/mol. The van der Waals surface area contributed by atoms with E-state index in [-0.39, 0.29) is 17.4 Å². The minimum atomic E-state index is -0.141. The molecule has 0 saturated heterocycles. The van der Waals surface area contributed by atoms with Crippen molar-refractivity contribution in [1.29, 1.82) is 0 Å². The molecule has 0 atom stereocenters. The number of rotatable bonds is 7. The van der Waals surface area contributed by atoms with Crippen LogP contribution in [0.4, 0.5) is 5.69 Å². The number of thioether (sulfide) groups is 1. The number of carbonyl (C=O) groups is 2. The van der Waals surface area contributed by atoms with Crippen LogP contribution in [0.5, 0.6) is 0 Å². The van der Waals surface area contributed by atoms with Crippen LogP contribution < -0.4 is 5.32 Å². The Balaban J connectivity index is 1.64. The van der Waals surface area contributed by atoms with Gasteiger partial charge in [-0.3, -0.25) is 9.59 Å². The summed E-state index contributed by atoms with van der Waals surface area (Å²) in [7, 11) is 0. The number of amides is 1. The van der Waals surface area contributed by atoms with E-state index >= 15 is 0 Å². The molecule has 27 heavy (non-hydrogen) atoms. The lowest BCUT2D eigenvalue weighted by Crippen LogP contribution is -2.08. The van der Waals surface area contributed by atoms with Gasteiger partial charge in [-0.15, -0.1) is 10.2 Å². The van der Waals surface area contributed by atoms with Gasteiger partial charge in [0.1, 0.15) is 5.82 Å². The average molecular weight is 380 g/mol. The first kappa shape index (κ1) is 18.8. The first-order valence-electron chi connectivity index (χ1n) is 8.50. The number of aryl methyl sites for hydroxylation is 1. The normalized spacial score (nSPS) is 10.6. The molecule has 7 heteroatoms. The standard InChI is InChI=1S/C20H20N4O2S/c1-14-22-23-20(24(14)12-16-6-4-3-5-7-16)27-13-19(26)17-8-10-18(11-9-17)21-15(2)25/h3-11H,12-13H2,1-2H3,(H,21,25). The van der Waals surface area contributed by atoms with Crippen LogP contribution >= 0.6 is 11.8 Å². The van der Waals surface area contributed by atoms with Crippen molar-refractivity contribution in [3.05, 3.63) is 71.5 Å². The first-order valence-corrected chi connectivity index (χ1v) is 9.49. The van der Waals surface area contributed by atoms with E-state index in [4.69, 9.17) is 0 Å². The van der Waals surface area contributed by atoms with Crippen molar-refractivity contribution in [1.82, 2.24) is 14.8 Å². The molecule has 0 fully saturated rings. The molecular formula is C20H20N4O2S. The van der Waals surface area contributed by atoms with Crippen molar-refractivity contribution in [3.8, 4) is 0 Å². The maximum Gasteiger partial charge on any atom is 0.221 e. The van der Waals surface area contributed by atoms with Crippen LogP contribution in [0.3, 0.4) is 0 Å². The highest BCUT2D eigenvalue weighted by Crippen LogP contribution is 2.20. The molecule has 3 rings (SSSR count). The number of carbonyl (C=O) groups excluding carboxylic acids is 2. The summed E-state index contributed by atoms with van der Waals surface area (Å²) in [6.07, 6.45) is 0. The maximum absolute atomic E-state index is 12.5. The summed E-state index contributed by atoms with van der Waals surface area (Å²) >= 11 is 1.37. The van der Waals surface area contributed by atoms with Crippen LogP contribution in [0, 0.1) is 6.92 Å². The fourth-order valence-corrected chi connectivity index (χ4v) is 3.45. The third-order valence-corrected chi connectivity index (χ3v) is 4.91. The highest BCUT2D eigenvalue weighted by Gasteiger charge is 2.13. The molecule has 6 nitrogen and oxygen atoms in total. The van der Waals surface area contributed by atoms with Crippen molar-refractivity contribution in [3.63, 3.8) is 0 Å². The predicted octanol–water partition coefficient (Wildman–Crippen LogP) is 3.57. The van der Waals surface area contributed by atoms with Gasteiger partial charge in [0.25, 0.3) is 0 Å². The second-order valence-electron chi connectivity index (χ2n) is 6.07. The molecule has 3 aromatic rings. The van der Waals surface area contributed by atoms with E-state index in [1.54, 1.807) is 24.3 Å².